The lowest BCUT2D eigenvalue weighted by Gasteiger charge is -2.33. The molecular formula is C29H32BrCl2N3O4S. The smallest absolute Gasteiger partial charge is 0.264 e. The molecule has 0 saturated heterocycles. The molecule has 40 heavy (non-hydrogen) atoms. The zero-order valence-electron chi connectivity index (χ0n) is 22.7. The van der Waals surface area contributed by atoms with Gasteiger partial charge in [0.05, 0.1) is 20.6 Å². The van der Waals surface area contributed by atoms with Crippen molar-refractivity contribution >= 4 is 66.7 Å². The Morgan fingerprint density at radius 3 is 2.12 bits per heavy atom. The summed E-state index contributed by atoms with van der Waals surface area (Å²) < 4.78 is 29.6. The number of nitrogens with zero attached hydrogens (tertiary/aromatic N) is 2. The standard InChI is InChI=1S/C29H32BrCl2N3O4S/c1-5-27(29(37)33-19(2)3)34(17-21-8-15-25(31)26(32)16-21)28(36)18-35(23-11-9-22(30)10-12-23)40(38,39)24-13-6-20(4)7-14-24/h6-16,19,27H,5,17-18H2,1-4H3,(H,33,37)/t27-/m1/s1. The number of sulfonamides is 1. The highest BCUT2D eigenvalue weighted by atomic mass is 79.9. The van der Waals surface area contributed by atoms with Gasteiger partial charge in [0.25, 0.3) is 10.0 Å². The van der Waals surface area contributed by atoms with Gasteiger partial charge in [0.2, 0.25) is 11.8 Å². The van der Waals surface area contributed by atoms with Crippen LogP contribution in [-0.4, -0.2) is 43.8 Å². The predicted molar refractivity (Wildman–Crippen MR) is 164 cm³/mol. The largest absolute Gasteiger partial charge is 0.352 e. The lowest BCUT2D eigenvalue weighted by Crippen LogP contribution is -2.53. The number of carbonyl (C=O) groups is 2. The summed E-state index contributed by atoms with van der Waals surface area (Å²) in [6.07, 6.45) is 0.314. The number of aryl methyl sites for hydroxylation is 1. The molecule has 0 spiro atoms. The number of nitrogens with one attached hydrogen (secondary N) is 1. The molecule has 3 aromatic rings. The molecule has 0 fully saturated rings. The molecule has 0 saturated carbocycles. The van der Waals surface area contributed by atoms with Crippen LogP contribution in [0.1, 0.15) is 38.3 Å². The number of hydrogen-bond donors (Lipinski definition) is 1. The molecule has 1 atom stereocenters. The SMILES string of the molecule is CC[C@H](C(=O)NC(C)C)N(Cc1ccc(Cl)c(Cl)c1)C(=O)CN(c1ccc(Br)cc1)S(=O)(=O)c1ccc(C)cc1. The Hall–Kier alpha value is -2.59. The molecule has 0 aliphatic carbocycles. The molecule has 1 N–H and O–H groups in total. The van der Waals surface area contributed by atoms with E-state index in [4.69, 9.17) is 23.2 Å². The highest BCUT2D eigenvalue weighted by molar-refractivity contribution is 9.10. The van der Waals surface area contributed by atoms with Gasteiger partial charge in [0, 0.05) is 17.1 Å². The van der Waals surface area contributed by atoms with Crippen LogP contribution in [0.2, 0.25) is 10.0 Å². The van der Waals surface area contributed by atoms with Crippen molar-refractivity contribution in [3.8, 4) is 0 Å². The van der Waals surface area contributed by atoms with Crippen LogP contribution in [0.5, 0.6) is 0 Å². The molecule has 0 aliphatic heterocycles. The maximum atomic E-state index is 14.0. The van der Waals surface area contributed by atoms with E-state index in [0.717, 1.165) is 14.3 Å². The summed E-state index contributed by atoms with van der Waals surface area (Å²) in [5.41, 5.74) is 1.86. The van der Waals surface area contributed by atoms with Crippen LogP contribution in [0.3, 0.4) is 0 Å². The Bertz CT molecular complexity index is 1450. The minimum Gasteiger partial charge on any atom is -0.352 e. The van der Waals surface area contributed by atoms with Crippen LogP contribution in [0.15, 0.2) is 76.1 Å². The van der Waals surface area contributed by atoms with Crippen molar-refractivity contribution in [2.45, 2.75) is 57.6 Å². The van der Waals surface area contributed by atoms with Gasteiger partial charge in [-0.05, 0) is 81.3 Å². The molecule has 3 aromatic carbocycles. The van der Waals surface area contributed by atoms with Crippen molar-refractivity contribution in [2.24, 2.45) is 0 Å². The number of anilines is 1. The van der Waals surface area contributed by atoms with Gasteiger partial charge < -0.3 is 10.2 Å². The second-order valence-corrected chi connectivity index (χ2v) is 13.3. The van der Waals surface area contributed by atoms with Gasteiger partial charge in [-0.3, -0.25) is 13.9 Å². The zero-order valence-corrected chi connectivity index (χ0v) is 26.6. The minimum absolute atomic E-state index is 0.0263. The highest BCUT2D eigenvalue weighted by Crippen LogP contribution is 2.28. The van der Waals surface area contributed by atoms with Gasteiger partial charge in [0.1, 0.15) is 12.6 Å². The summed E-state index contributed by atoms with van der Waals surface area (Å²) in [6.45, 7) is 6.83. The molecule has 2 amide bonds. The van der Waals surface area contributed by atoms with Crippen LogP contribution in [0, 0.1) is 6.92 Å². The fourth-order valence-corrected chi connectivity index (χ4v) is 6.11. The monoisotopic (exact) mass is 667 g/mol. The second kappa shape index (κ2) is 13.9. The first kappa shape index (κ1) is 31.9. The van der Waals surface area contributed by atoms with Crippen molar-refractivity contribution in [2.75, 3.05) is 10.8 Å². The van der Waals surface area contributed by atoms with Crippen molar-refractivity contribution in [1.29, 1.82) is 0 Å². The van der Waals surface area contributed by atoms with E-state index in [0.29, 0.717) is 27.7 Å². The second-order valence-electron chi connectivity index (χ2n) is 9.66. The normalized spacial score (nSPS) is 12.2. The number of hydrogen-bond acceptors (Lipinski definition) is 4. The summed E-state index contributed by atoms with van der Waals surface area (Å²) in [4.78, 5) is 28.7. The minimum atomic E-state index is -4.14. The molecule has 0 aromatic heterocycles. The predicted octanol–water partition coefficient (Wildman–Crippen LogP) is 6.59. The molecular weight excluding hydrogens is 637 g/mol. The lowest BCUT2D eigenvalue weighted by molar-refractivity contribution is -0.140. The molecule has 0 unspecified atom stereocenters. The molecule has 3 rings (SSSR count). The van der Waals surface area contributed by atoms with Crippen LogP contribution >= 0.6 is 39.1 Å². The van der Waals surface area contributed by atoms with Crippen LogP contribution in [0.4, 0.5) is 5.69 Å². The number of rotatable bonds is 11. The van der Waals surface area contributed by atoms with Gasteiger partial charge in [0.15, 0.2) is 0 Å². The third-order valence-corrected chi connectivity index (χ3v) is 9.21. The van der Waals surface area contributed by atoms with Crippen molar-refractivity contribution in [3.05, 3.63) is 92.4 Å². The van der Waals surface area contributed by atoms with Gasteiger partial charge >= 0.3 is 0 Å². The van der Waals surface area contributed by atoms with Gasteiger partial charge in [-0.2, -0.15) is 0 Å². The average Bonchev–Trinajstić information content (AvgIpc) is 2.89. The highest BCUT2D eigenvalue weighted by Gasteiger charge is 2.34. The molecule has 7 nitrogen and oxygen atoms in total. The van der Waals surface area contributed by atoms with E-state index in [1.165, 1.54) is 17.0 Å². The fraction of sp³-hybridized carbons (Fsp3) is 0.310. The molecule has 0 radical (unpaired) electrons. The van der Waals surface area contributed by atoms with E-state index in [1.54, 1.807) is 61.5 Å². The van der Waals surface area contributed by atoms with Crippen molar-refractivity contribution in [1.82, 2.24) is 10.2 Å². The molecule has 0 bridgehead atoms. The maximum absolute atomic E-state index is 14.0. The molecule has 0 heterocycles. The molecule has 11 heteroatoms. The van der Waals surface area contributed by atoms with Gasteiger partial charge in [-0.25, -0.2) is 8.42 Å². The van der Waals surface area contributed by atoms with Crippen molar-refractivity contribution in [3.63, 3.8) is 0 Å². The average molecular weight is 669 g/mol. The fourth-order valence-electron chi connectivity index (χ4n) is 4.11. The summed E-state index contributed by atoms with van der Waals surface area (Å²) >= 11 is 15.7. The topological polar surface area (TPSA) is 86.8 Å². The molecule has 214 valence electrons. The van der Waals surface area contributed by atoms with E-state index in [1.807, 2.05) is 20.8 Å². The Morgan fingerprint density at radius 1 is 0.950 bits per heavy atom. The van der Waals surface area contributed by atoms with E-state index in [9.17, 15) is 18.0 Å². The number of halogens is 3. The van der Waals surface area contributed by atoms with Crippen LogP contribution < -0.4 is 9.62 Å². The summed E-state index contributed by atoms with van der Waals surface area (Å²) in [5.74, 6) is -0.877. The lowest BCUT2D eigenvalue weighted by atomic mass is 10.1. The maximum Gasteiger partial charge on any atom is 0.264 e. The zero-order chi connectivity index (χ0) is 29.6. The summed E-state index contributed by atoms with van der Waals surface area (Å²) in [7, 11) is -4.14. The third kappa shape index (κ3) is 8.00. The first-order valence-corrected chi connectivity index (χ1v) is 15.7. The van der Waals surface area contributed by atoms with Gasteiger partial charge in [-0.15, -0.1) is 0 Å². The van der Waals surface area contributed by atoms with E-state index < -0.39 is 28.5 Å². The third-order valence-electron chi connectivity index (χ3n) is 6.16. The molecule has 0 aliphatic rings. The Labute approximate surface area is 254 Å². The van der Waals surface area contributed by atoms with Crippen molar-refractivity contribution < 1.29 is 18.0 Å². The van der Waals surface area contributed by atoms with Crippen LogP contribution in [-0.2, 0) is 26.2 Å². The Morgan fingerprint density at radius 2 is 1.57 bits per heavy atom. The van der Waals surface area contributed by atoms with E-state index >= 15 is 0 Å². The quantitative estimate of drug-likeness (QED) is 0.250. The Kier molecular flexibility index (Phi) is 11.1. The van der Waals surface area contributed by atoms with E-state index in [2.05, 4.69) is 21.2 Å². The van der Waals surface area contributed by atoms with E-state index in [-0.39, 0.29) is 23.4 Å². The Balaban J connectivity index is 2.07. The van der Waals surface area contributed by atoms with Crippen LogP contribution in [0.25, 0.3) is 0 Å². The number of carbonyl (C=O) groups excluding carboxylic acids is 2. The summed E-state index contributed by atoms with van der Waals surface area (Å²) in [5, 5.41) is 3.54. The first-order valence-electron chi connectivity index (χ1n) is 12.7. The first-order chi connectivity index (χ1) is 18.8. The number of benzene rings is 3. The summed E-state index contributed by atoms with van der Waals surface area (Å²) in [6, 6.07) is 17.1. The number of amides is 2. The van der Waals surface area contributed by atoms with Gasteiger partial charge in [-0.1, -0.05) is 69.8 Å².